The van der Waals surface area contributed by atoms with E-state index in [4.69, 9.17) is 4.74 Å². The third kappa shape index (κ3) is 4.81. The molecular weight excluding hydrogens is 552 g/mol. The van der Waals surface area contributed by atoms with Crippen molar-refractivity contribution in [3.8, 4) is 22.6 Å². The van der Waals surface area contributed by atoms with Gasteiger partial charge in [0, 0.05) is 43.0 Å². The number of fused-ring (bicyclic) bond motifs is 1. The van der Waals surface area contributed by atoms with E-state index in [1.807, 2.05) is 25.1 Å². The van der Waals surface area contributed by atoms with Crippen LogP contribution in [0.1, 0.15) is 71.1 Å². The maximum atomic E-state index is 13.4. The van der Waals surface area contributed by atoms with Gasteiger partial charge in [-0.1, -0.05) is 36.4 Å². The molecule has 7 nitrogen and oxygen atoms in total. The van der Waals surface area contributed by atoms with Crippen molar-refractivity contribution in [3.63, 3.8) is 0 Å². The number of amides is 1. The largest absolute Gasteiger partial charge is 0.507 e. The molecule has 3 aliphatic carbocycles. The van der Waals surface area contributed by atoms with E-state index in [1.165, 1.54) is 12.8 Å². The van der Waals surface area contributed by atoms with Gasteiger partial charge in [-0.25, -0.2) is 0 Å². The molecule has 3 fully saturated rings. The summed E-state index contributed by atoms with van der Waals surface area (Å²) >= 11 is 0. The molecule has 7 rings (SSSR count). The Morgan fingerprint density at radius 2 is 1.84 bits per heavy atom. The Labute approximate surface area is 259 Å². The maximum absolute atomic E-state index is 13.4. The predicted octanol–water partition coefficient (Wildman–Crippen LogP) is 5.11. The lowest BCUT2D eigenvalue weighted by atomic mass is 9.49. The van der Waals surface area contributed by atoms with Crippen LogP contribution in [0, 0.1) is 12.8 Å². The summed E-state index contributed by atoms with van der Waals surface area (Å²) in [6, 6.07) is 18.0. The van der Waals surface area contributed by atoms with Crippen LogP contribution in [0.5, 0.6) is 11.5 Å². The predicted molar refractivity (Wildman–Crippen MR) is 169 cm³/mol. The number of nitrogens with zero attached hydrogens (tertiary/aromatic N) is 1. The molecule has 1 heterocycles. The number of ether oxygens (including phenoxy) is 1. The number of benzene rings is 3. The number of nitrogens with one attached hydrogen (secondary N) is 1. The fraction of sp³-hybridized carbons (Fsp3) is 0.459. The fourth-order valence-corrected chi connectivity index (χ4v) is 8.37. The molecular formula is C37H42N2O5. The summed E-state index contributed by atoms with van der Waals surface area (Å²) in [7, 11) is 1.67. The number of rotatable bonds is 8. The van der Waals surface area contributed by atoms with Crippen LogP contribution in [0.4, 0.5) is 0 Å². The summed E-state index contributed by atoms with van der Waals surface area (Å²) in [4.78, 5) is 28.7. The molecule has 3 aromatic rings. The molecule has 4 aliphatic rings. The van der Waals surface area contributed by atoms with Gasteiger partial charge in [0.05, 0.1) is 18.3 Å². The molecule has 0 spiro atoms. The van der Waals surface area contributed by atoms with Crippen molar-refractivity contribution in [1.82, 2.24) is 10.2 Å². The summed E-state index contributed by atoms with van der Waals surface area (Å²) in [5.41, 5.74) is 4.27. The molecule has 230 valence electrons. The van der Waals surface area contributed by atoms with Gasteiger partial charge in [-0.05, 0) is 104 Å². The highest BCUT2D eigenvalue weighted by molar-refractivity contribution is 5.98. The third-order valence-corrected chi connectivity index (χ3v) is 10.9. The number of phenols is 1. The number of phenolic OH excluding ortho intramolecular Hbond substituents is 1. The van der Waals surface area contributed by atoms with E-state index in [1.54, 1.807) is 13.2 Å². The zero-order chi connectivity index (χ0) is 30.6. The van der Waals surface area contributed by atoms with Gasteiger partial charge in [0.1, 0.15) is 17.3 Å². The second-order valence-corrected chi connectivity index (χ2v) is 13.5. The van der Waals surface area contributed by atoms with Crippen LogP contribution in [0.15, 0.2) is 54.6 Å². The van der Waals surface area contributed by atoms with Crippen LogP contribution >= 0.6 is 0 Å². The summed E-state index contributed by atoms with van der Waals surface area (Å²) < 4.78 is 5.38. The summed E-state index contributed by atoms with van der Waals surface area (Å²) in [6.45, 7) is 4.23. The van der Waals surface area contributed by atoms with Crippen molar-refractivity contribution >= 4 is 11.7 Å². The van der Waals surface area contributed by atoms with Crippen LogP contribution in [0.3, 0.4) is 0 Å². The van der Waals surface area contributed by atoms with Gasteiger partial charge in [0.15, 0.2) is 0 Å². The summed E-state index contributed by atoms with van der Waals surface area (Å²) in [5.74, 6) is 1.28. The van der Waals surface area contributed by atoms with Crippen molar-refractivity contribution in [2.45, 2.75) is 75.3 Å². The van der Waals surface area contributed by atoms with Gasteiger partial charge >= 0.3 is 0 Å². The number of carbonyl (C=O) groups excluding carboxylic acids is 2. The Balaban J connectivity index is 1.08. The number of aryl methyl sites for hydroxylation is 1. The van der Waals surface area contributed by atoms with E-state index in [-0.39, 0.29) is 35.5 Å². The minimum Gasteiger partial charge on any atom is -0.507 e. The first-order valence-corrected chi connectivity index (χ1v) is 16.1. The first kappa shape index (κ1) is 29.1. The Morgan fingerprint density at radius 1 is 1.07 bits per heavy atom. The van der Waals surface area contributed by atoms with Crippen molar-refractivity contribution in [3.05, 3.63) is 82.4 Å². The molecule has 3 N–H and O–H groups in total. The van der Waals surface area contributed by atoms with Crippen LogP contribution < -0.4 is 10.1 Å². The highest BCUT2D eigenvalue weighted by Gasteiger charge is 2.65. The Kier molecular flexibility index (Phi) is 7.29. The van der Waals surface area contributed by atoms with Crippen LogP contribution in [0.25, 0.3) is 11.1 Å². The van der Waals surface area contributed by atoms with Crippen molar-refractivity contribution < 1.29 is 24.5 Å². The third-order valence-electron chi connectivity index (χ3n) is 10.9. The van der Waals surface area contributed by atoms with Crippen molar-refractivity contribution in [2.75, 3.05) is 26.7 Å². The summed E-state index contributed by atoms with van der Waals surface area (Å²) in [5, 5.41) is 27.0. The van der Waals surface area contributed by atoms with E-state index in [0.717, 1.165) is 46.7 Å². The van der Waals surface area contributed by atoms with E-state index in [2.05, 4.69) is 40.5 Å². The lowest BCUT2D eigenvalue weighted by Crippen LogP contribution is -2.73. The van der Waals surface area contributed by atoms with Crippen LogP contribution in [0.2, 0.25) is 0 Å². The van der Waals surface area contributed by atoms with Crippen molar-refractivity contribution in [2.24, 2.45) is 5.92 Å². The molecule has 1 saturated heterocycles. The standard InChI is InChI=1S/C37H42N2O5/c1-23-19-27(10-12-31(23)44-2)26-7-5-24(6-8-26)14-17-38-35(42)30-11-9-28-20-32-37(43)15-13-29(40)21-36(37,33(28)34(30)41)16-18-39(32)22-25-3-4-25/h5-12,19,25,32,41,43H,3-4,13-18,20-22H2,1-2H3,(H,38,42)/t32-,36-,37-/m1/s1. The minimum absolute atomic E-state index is 0.0682. The molecule has 2 bridgehead atoms. The van der Waals surface area contributed by atoms with Gasteiger partial charge in [-0.2, -0.15) is 0 Å². The number of methoxy groups -OCH3 is 1. The molecule has 2 saturated carbocycles. The quantitative estimate of drug-likeness (QED) is 0.335. The normalized spacial score (nSPS) is 26.1. The number of aromatic hydroxyl groups is 1. The minimum atomic E-state index is -1.09. The number of hydrogen-bond acceptors (Lipinski definition) is 6. The fourth-order valence-electron chi connectivity index (χ4n) is 8.37. The zero-order valence-corrected chi connectivity index (χ0v) is 25.7. The van der Waals surface area contributed by atoms with Gasteiger partial charge in [0.25, 0.3) is 5.91 Å². The summed E-state index contributed by atoms with van der Waals surface area (Å²) in [6.07, 6.45) is 5.36. The molecule has 1 aliphatic heterocycles. The monoisotopic (exact) mass is 594 g/mol. The molecule has 1 amide bonds. The number of carbonyl (C=O) groups is 2. The maximum Gasteiger partial charge on any atom is 0.255 e. The molecule has 0 unspecified atom stereocenters. The Morgan fingerprint density at radius 3 is 2.57 bits per heavy atom. The number of aliphatic hydroxyl groups is 1. The smallest absolute Gasteiger partial charge is 0.255 e. The first-order chi connectivity index (χ1) is 21.2. The van der Waals surface area contributed by atoms with E-state index >= 15 is 0 Å². The van der Waals surface area contributed by atoms with Crippen LogP contribution in [-0.4, -0.2) is 65.2 Å². The Hall–Kier alpha value is -3.68. The highest BCUT2D eigenvalue weighted by atomic mass is 16.5. The zero-order valence-electron chi connectivity index (χ0n) is 25.7. The molecule has 44 heavy (non-hydrogen) atoms. The van der Waals surface area contributed by atoms with Gasteiger partial charge in [-0.15, -0.1) is 0 Å². The SMILES string of the molecule is COc1ccc(-c2ccc(CCNC(=O)c3ccc4c(c3O)[C@]35CCN(CC6CC6)[C@H](C4)[C@]3(O)CCC(=O)C5)cc2)cc1C. The first-order valence-electron chi connectivity index (χ1n) is 16.1. The number of ketones is 1. The lowest BCUT2D eigenvalue weighted by Gasteiger charge is -2.63. The molecule has 7 heteroatoms. The van der Waals surface area contributed by atoms with E-state index in [9.17, 15) is 19.8 Å². The second kappa shape index (κ2) is 11.0. The topological polar surface area (TPSA) is 99.1 Å². The van der Waals surface area contributed by atoms with Crippen molar-refractivity contribution in [1.29, 1.82) is 0 Å². The van der Waals surface area contributed by atoms with E-state index in [0.29, 0.717) is 50.1 Å². The lowest BCUT2D eigenvalue weighted by molar-refractivity contribution is -0.173. The van der Waals surface area contributed by atoms with Gasteiger partial charge < -0.3 is 20.3 Å². The van der Waals surface area contributed by atoms with Gasteiger partial charge in [-0.3, -0.25) is 14.5 Å². The average molecular weight is 595 g/mol. The molecule has 0 aromatic heterocycles. The number of Topliss-reactive ketones (excluding diaryl/α,β-unsaturated/α-hetero) is 1. The molecule has 0 radical (unpaired) electrons. The van der Waals surface area contributed by atoms with Gasteiger partial charge in [0.2, 0.25) is 0 Å². The molecule has 3 atom stereocenters. The van der Waals surface area contributed by atoms with Crippen LogP contribution in [-0.2, 0) is 23.1 Å². The number of piperidine rings is 1. The number of hydrogen-bond donors (Lipinski definition) is 3. The van der Waals surface area contributed by atoms with E-state index < -0.39 is 11.0 Å². The average Bonchev–Trinajstić information content (AvgIpc) is 3.83. The number of likely N-dealkylation sites (tertiary alicyclic amines) is 1. The second-order valence-electron chi connectivity index (χ2n) is 13.5. The highest BCUT2D eigenvalue weighted by Crippen LogP contribution is 2.60. The Bertz CT molecular complexity index is 1610. The molecule has 3 aromatic carbocycles.